The zero-order chi connectivity index (χ0) is 23.8. The van der Waals surface area contributed by atoms with Crippen LogP contribution in [0.2, 0.25) is 0 Å². The lowest BCUT2D eigenvalue weighted by molar-refractivity contribution is 0.0908. The summed E-state index contributed by atoms with van der Waals surface area (Å²) in [7, 11) is 0. The number of fused-ring (bicyclic) bond motifs is 1. The monoisotopic (exact) mass is 467 g/mol. The molecule has 1 saturated carbocycles. The fourth-order valence-corrected chi connectivity index (χ4v) is 4.38. The number of carbonyl (C=O) groups is 2. The highest BCUT2D eigenvalue weighted by Gasteiger charge is 2.27. The molecule has 3 heterocycles. The summed E-state index contributed by atoms with van der Waals surface area (Å²) in [5.74, 6) is 0.255. The third-order valence-corrected chi connectivity index (χ3v) is 6.47. The number of piperidine rings is 1. The van der Waals surface area contributed by atoms with Gasteiger partial charge in [0.05, 0.1) is 17.7 Å². The fourth-order valence-electron chi connectivity index (χ4n) is 4.38. The fraction of sp³-hybridized carbons (Fsp3) is 0.417. The largest absolute Gasteiger partial charge is 0.492 e. The highest BCUT2D eigenvalue weighted by atomic mass is 19.1. The number of aromatic amines is 1. The number of hydrogen-bond acceptors (Lipinski definition) is 5. The SMILES string of the molecule is Cc1[nH]c2c(-c3ccc(F)cc3OCC3CC3)ncnc2c1C(=O)NC1CCN(C(=O)O)CC1. The third-order valence-electron chi connectivity index (χ3n) is 6.47. The molecule has 178 valence electrons. The molecule has 9 nitrogen and oxygen atoms in total. The lowest BCUT2D eigenvalue weighted by Gasteiger charge is -2.30. The van der Waals surface area contributed by atoms with Crippen LogP contribution < -0.4 is 10.1 Å². The number of aryl methyl sites for hydroxylation is 1. The number of carboxylic acid groups (broad SMARTS) is 1. The van der Waals surface area contributed by atoms with Crippen LogP contribution in [0.5, 0.6) is 5.75 Å². The predicted octanol–water partition coefficient (Wildman–Crippen LogP) is 3.73. The van der Waals surface area contributed by atoms with Crippen LogP contribution in [0.4, 0.5) is 9.18 Å². The van der Waals surface area contributed by atoms with Gasteiger partial charge in [-0.05, 0) is 50.7 Å². The average molecular weight is 468 g/mol. The molecule has 10 heteroatoms. The molecule has 2 aromatic heterocycles. The topological polar surface area (TPSA) is 120 Å². The van der Waals surface area contributed by atoms with Gasteiger partial charge in [-0.3, -0.25) is 4.79 Å². The van der Waals surface area contributed by atoms with Crippen LogP contribution in [0, 0.1) is 18.7 Å². The zero-order valence-electron chi connectivity index (χ0n) is 18.8. The van der Waals surface area contributed by atoms with Crippen LogP contribution in [-0.4, -0.2) is 62.7 Å². The number of aromatic nitrogens is 3. The maximum absolute atomic E-state index is 14.0. The van der Waals surface area contributed by atoms with Gasteiger partial charge in [0.1, 0.15) is 29.1 Å². The molecule has 1 saturated heterocycles. The average Bonchev–Trinajstić information content (AvgIpc) is 3.58. The molecule has 2 amide bonds. The van der Waals surface area contributed by atoms with Gasteiger partial charge < -0.3 is 25.0 Å². The molecule has 3 aromatic rings. The van der Waals surface area contributed by atoms with Crippen molar-refractivity contribution in [1.82, 2.24) is 25.2 Å². The van der Waals surface area contributed by atoms with E-state index in [1.54, 1.807) is 13.0 Å². The normalized spacial score (nSPS) is 16.6. The number of H-pyrrole nitrogens is 1. The number of likely N-dealkylation sites (tertiary alicyclic amines) is 1. The Morgan fingerprint density at radius 3 is 2.71 bits per heavy atom. The van der Waals surface area contributed by atoms with E-state index in [9.17, 15) is 14.0 Å². The van der Waals surface area contributed by atoms with E-state index in [2.05, 4.69) is 20.3 Å². The lowest BCUT2D eigenvalue weighted by atomic mass is 10.0. The van der Waals surface area contributed by atoms with Crippen LogP contribution in [0.1, 0.15) is 41.7 Å². The Balaban J connectivity index is 1.43. The van der Waals surface area contributed by atoms with Gasteiger partial charge >= 0.3 is 6.09 Å². The van der Waals surface area contributed by atoms with Crippen molar-refractivity contribution in [2.75, 3.05) is 19.7 Å². The highest BCUT2D eigenvalue weighted by Crippen LogP contribution is 2.36. The van der Waals surface area contributed by atoms with Crippen molar-refractivity contribution >= 4 is 23.0 Å². The first kappa shape index (κ1) is 22.1. The summed E-state index contributed by atoms with van der Waals surface area (Å²) in [5.41, 5.74) is 3.27. The van der Waals surface area contributed by atoms with E-state index in [-0.39, 0.29) is 11.9 Å². The molecule has 2 aliphatic rings. The van der Waals surface area contributed by atoms with E-state index < -0.39 is 11.9 Å². The molecule has 0 atom stereocenters. The van der Waals surface area contributed by atoms with Crippen LogP contribution >= 0.6 is 0 Å². The number of carbonyl (C=O) groups excluding carboxylic acids is 1. The maximum Gasteiger partial charge on any atom is 0.407 e. The second-order valence-corrected chi connectivity index (χ2v) is 8.98. The Kier molecular flexibility index (Phi) is 5.80. The predicted molar refractivity (Wildman–Crippen MR) is 122 cm³/mol. The summed E-state index contributed by atoms with van der Waals surface area (Å²) in [6, 6.07) is 4.23. The quantitative estimate of drug-likeness (QED) is 0.508. The Bertz CT molecular complexity index is 1250. The Morgan fingerprint density at radius 1 is 1.24 bits per heavy atom. The first-order chi connectivity index (χ1) is 16.4. The van der Waals surface area contributed by atoms with Gasteiger partial charge in [0, 0.05) is 36.5 Å². The van der Waals surface area contributed by atoms with Gasteiger partial charge in [0.2, 0.25) is 0 Å². The number of amides is 2. The van der Waals surface area contributed by atoms with Crippen molar-refractivity contribution in [2.24, 2.45) is 5.92 Å². The standard InChI is InChI=1S/C24H26FN5O4/c1-13-19(23(31)29-16-6-8-30(9-7-16)24(32)33)21-22(28-13)20(26-12-27-21)17-5-4-15(25)10-18(17)34-11-14-2-3-14/h4-5,10,12,14,16,28H,2-3,6-9,11H2,1H3,(H,29,31)(H,32,33). The minimum absolute atomic E-state index is 0.117. The summed E-state index contributed by atoms with van der Waals surface area (Å²) in [6.45, 7) is 3.09. The van der Waals surface area contributed by atoms with Gasteiger partial charge in [0.15, 0.2) is 0 Å². The van der Waals surface area contributed by atoms with Crippen LogP contribution in [-0.2, 0) is 0 Å². The van der Waals surface area contributed by atoms with Crippen molar-refractivity contribution < 1.29 is 23.8 Å². The van der Waals surface area contributed by atoms with Gasteiger partial charge in [-0.1, -0.05) is 0 Å². The summed E-state index contributed by atoms with van der Waals surface area (Å²) in [5, 5.41) is 12.1. The van der Waals surface area contributed by atoms with Crippen molar-refractivity contribution in [1.29, 1.82) is 0 Å². The number of rotatable bonds is 6. The summed E-state index contributed by atoms with van der Waals surface area (Å²) < 4.78 is 19.9. The second-order valence-electron chi connectivity index (χ2n) is 8.98. The number of nitrogens with zero attached hydrogens (tertiary/aromatic N) is 3. The number of ether oxygens (including phenoxy) is 1. The Morgan fingerprint density at radius 2 is 2.00 bits per heavy atom. The van der Waals surface area contributed by atoms with Crippen molar-refractivity contribution in [3.8, 4) is 17.0 Å². The molecular formula is C24H26FN5O4. The molecule has 2 fully saturated rings. The third kappa shape index (κ3) is 4.40. The highest BCUT2D eigenvalue weighted by molar-refractivity contribution is 6.09. The molecule has 0 bridgehead atoms. The second kappa shape index (κ2) is 8.92. The van der Waals surface area contributed by atoms with E-state index >= 15 is 0 Å². The van der Waals surface area contributed by atoms with E-state index in [0.29, 0.717) is 77.8 Å². The molecule has 0 unspecified atom stereocenters. The van der Waals surface area contributed by atoms with Crippen molar-refractivity contribution in [2.45, 2.75) is 38.6 Å². The van der Waals surface area contributed by atoms with Crippen LogP contribution in [0.15, 0.2) is 24.5 Å². The number of benzene rings is 1. The van der Waals surface area contributed by atoms with Crippen molar-refractivity contribution in [3.05, 3.63) is 41.6 Å². The Hall–Kier alpha value is -3.69. The van der Waals surface area contributed by atoms with E-state index in [0.717, 1.165) is 12.8 Å². The van der Waals surface area contributed by atoms with E-state index in [1.165, 1.54) is 23.4 Å². The molecule has 3 N–H and O–H groups in total. The van der Waals surface area contributed by atoms with Gasteiger partial charge in [0.25, 0.3) is 5.91 Å². The zero-order valence-corrected chi connectivity index (χ0v) is 18.8. The maximum atomic E-state index is 14.0. The minimum Gasteiger partial charge on any atom is -0.492 e. The minimum atomic E-state index is -0.942. The molecule has 1 aliphatic heterocycles. The molecule has 34 heavy (non-hydrogen) atoms. The number of hydrogen-bond donors (Lipinski definition) is 3. The summed E-state index contributed by atoms with van der Waals surface area (Å²) in [4.78, 5) is 37.7. The molecule has 0 spiro atoms. The first-order valence-electron chi connectivity index (χ1n) is 11.5. The van der Waals surface area contributed by atoms with E-state index in [4.69, 9.17) is 9.84 Å². The first-order valence-corrected chi connectivity index (χ1v) is 11.5. The van der Waals surface area contributed by atoms with Crippen LogP contribution in [0.25, 0.3) is 22.3 Å². The molecule has 1 aliphatic carbocycles. The summed E-state index contributed by atoms with van der Waals surface area (Å²) >= 11 is 0. The van der Waals surface area contributed by atoms with Gasteiger partial charge in [-0.2, -0.15) is 0 Å². The number of nitrogens with one attached hydrogen (secondary N) is 2. The van der Waals surface area contributed by atoms with Crippen LogP contribution in [0.3, 0.4) is 0 Å². The number of halogens is 1. The molecule has 1 aromatic carbocycles. The van der Waals surface area contributed by atoms with Gasteiger partial charge in [-0.25, -0.2) is 19.2 Å². The molecule has 5 rings (SSSR count). The molecule has 0 radical (unpaired) electrons. The van der Waals surface area contributed by atoms with Gasteiger partial charge in [-0.15, -0.1) is 0 Å². The van der Waals surface area contributed by atoms with Crippen molar-refractivity contribution in [3.63, 3.8) is 0 Å². The lowest BCUT2D eigenvalue weighted by Crippen LogP contribution is -2.46. The van der Waals surface area contributed by atoms with E-state index in [1.807, 2.05) is 0 Å². The Labute approximate surface area is 195 Å². The summed E-state index contributed by atoms with van der Waals surface area (Å²) in [6.07, 6.45) is 3.79. The molecular weight excluding hydrogens is 441 g/mol. The smallest absolute Gasteiger partial charge is 0.407 e.